The lowest BCUT2D eigenvalue weighted by Gasteiger charge is -1.86. The zero-order valence-corrected chi connectivity index (χ0v) is 9.89. The monoisotopic (exact) mass is 250 g/mol. The van der Waals surface area contributed by atoms with Crippen LogP contribution in [0, 0.1) is 0 Å². The van der Waals surface area contributed by atoms with Crippen LogP contribution < -0.4 is 0 Å². The second kappa shape index (κ2) is 6.66. The van der Waals surface area contributed by atoms with Crippen LogP contribution in [0.2, 0.25) is 10.0 Å². The van der Waals surface area contributed by atoms with E-state index < -0.39 is 0 Å². The van der Waals surface area contributed by atoms with Crippen molar-refractivity contribution >= 4 is 46.7 Å². The Kier molecular flexibility index (Phi) is 5.80. The van der Waals surface area contributed by atoms with Crippen molar-refractivity contribution in [2.24, 2.45) is 0 Å². The number of halogens is 2. The van der Waals surface area contributed by atoms with Crippen molar-refractivity contribution in [3.63, 3.8) is 0 Å². The van der Waals surface area contributed by atoms with Gasteiger partial charge in [-0.25, -0.2) is 0 Å². The summed E-state index contributed by atoms with van der Waals surface area (Å²) in [5, 5.41) is 6.89. The van der Waals surface area contributed by atoms with Crippen LogP contribution in [0.1, 0.15) is 0 Å². The quantitative estimate of drug-likeness (QED) is 0.644. The highest BCUT2D eigenvalue weighted by Gasteiger charge is 1.85. The maximum atomic E-state index is 5.55. The maximum absolute atomic E-state index is 5.55. The second-order valence-corrected chi connectivity index (χ2v) is 5.19. The topological polar surface area (TPSA) is 0 Å². The molecule has 2 rings (SSSR count). The number of hydrogen-bond donors (Lipinski definition) is 0. The Labute approximate surface area is 96.7 Å². The molecule has 0 aliphatic carbocycles. The average molecular weight is 251 g/mol. The molecule has 4 heteroatoms. The Morgan fingerprint density at radius 1 is 0.846 bits per heavy atom. The molecule has 0 saturated heterocycles. The van der Waals surface area contributed by atoms with Crippen LogP contribution in [0.25, 0.3) is 0 Å². The first-order chi connectivity index (χ1) is 6.29. The number of thioether (sulfide) groups is 2. The maximum Gasteiger partial charge on any atom is 0.0475 e. The summed E-state index contributed by atoms with van der Waals surface area (Å²) in [6.45, 7) is 0. The van der Waals surface area contributed by atoms with E-state index in [0.717, 1.165) is 10.0 Å². The van der Waals surface area contributed by atoms with E-state index in [9.17, 15) is 0 Å². The molecule has 0 amide bonds. The van der Waals surface area contributed by atoms with Crippen LogP contribution in [0.5, 0.6) is 0 Å². The lowest BCUT2D eigenvalue weighted by atomic mass is 10.4. The minimum atomic E-state index is 0.717. The van der Waals surface area contributed by atoms with Crippen molar-refractivity contribution in [3.05, 3.63) is 45.1 Å². The highest BCUT2D eigenvalue weighted by Crippen LogP contribution is 2.22. The molecule has 0 nitrogen and oxygen atoms in total. The average Bonchev–Trinajstić information content (AvgIpc) is 2.68. The number of rotatable bonds is 0. The van der Waals surface area contributed by atoms with Gasteiger partial charge in [0.25, 0.3) is 0 Å². The molecule has 1 aromatic carbocycles. The second-order valence-electron chi connectivity index (χ2n) is 2.16. The summed E-state index contributed by atoms with van der Waals surface area (Å²) in [5.41, 5.74) is 0. The van der Waals surface area contributed by atoms with Crippen molar-refractivity contribution in [2.75, 3.05) is 5.08 Å². The summed E-state index contributed by atoms with van der Waals surface area (Å²) in [5.74, 6) is 0. The molecule has 0 bridgehead atoms. The molecule has 0 N–H and O–H groups in total. The molecule has 1 aromatic rings. The van der Waals surface area contributed by atoms with Gasteiger partial charge >= 0.3 is 0 Å². The molecule has 0 fully saturated rings. The van der Waals surface area contributed by atoms with Gasteiger partial charge in [-0.15, -0.1) is 23.5 Å². The zero-order chi connectivity index (χ0) is 9.52. The van der Waals surface area contributed by atoms with Gasteiger partial charge in [-0.05, 0) is 35.1 Å². The normalized spacial score (nSPS) is 13.7. The Hall–Kier alpha value is 0.240. The molecule has 0 spiro atoms. The number of hydrogen-bond acceptors (Lipinski definition) is 2. The number of benzene rings is 1. The zero-order valence-electron chi connectivity index (χ0n) is 6.74. The van der Waals surface area contributed by atoms with Crippen molar-refractivity contribution in [3.8, 4) is 0 Å². The molecule has 1 aliphatic rings. The Morgan fingerprint density at radius 3 is 1.46 bits per heavy atom. The van der Waals surface area contributed by atoms with Gasteiger partial charge in [0.15, 0.2) is 0 Å². The molecule has 0 atom stereocenters. The van der Waals surface area contributed by atoms with Crippen LogP contribution in [0.15, 0.2) is 35.1 Å². The Bertz CT molecular complexity index is 242. The smallest absolute Gasteiger partial charge is 0.0475 e. The van der Waals surface area contributed by atoms with Crippen molar-refractivity contribution in [1.82, 2.24) is 0 Å². The van der Waals surface area contributed by atoms with Gasteiger partial charge in [0.1, 0.15) is 0 Å². The van der Waals surface area contributed by atoms with Crippen LogP contribution in [-0.2, 0) is 0 Å². The summed E-state index contributed by atoms with van der Waals surface area (Å²) in [6, 6.07) is 7.02. The third-order valence-corrected chi connectivity index (χ3v) is 3.61. The first-order valence-corrected chi connectivity index (χ1v) is 6.43. The first kappa shape index (κ1) is 11.3. The molecule has 13 heavy (non-hydrogen) atoms. The Morgan fingerprint density at radius 2 is 1.23 bits per heavy atom. The lowest BCUT2D eigenvalue weighted by molar-refractivity contribution is 1.71. The standard InChI is InChI=1S/C6H4Cl2.C3H4S2/c7-5-1-2-6(8)4-3-5;1-2-5-3-4-1/h1-4H;1-2H,3H2. The van der Waals surface area contributed by atoms with Crippen molar-refractivity contribution in [1.29, 1.82) is 0 Å². The van der Waals surface area contributed by atoms with E-state index in [1.807, 2.05) is 23.5 Å². The minimum Gasteiger partial charge on any atom is -0.122 e. The highest BCUT2D eigenvalue weighted by molar-refractivity contribution is 8.21. The van der Waals surface area contributed by atoms with Crippen LogP contribution >= 0.6 is 46.7 Å². The first-order valence-electron chi connectivity index (χ1n) is 3.58. The van der Waals surface area contributed by atoms with Gasteiger partial charge in [-0.1, -0.05) is 23.2 Å². The third kappa shape index (κ3) is 5.53. The van der Waals surface area contributed by atoms with E-state index in [2.05, 4.69) is 10.8 Å². The summed E-state index contributed by atoms with van der Waals surface area (Å²) in [4.78, 5) is 0. The summed E-state index contributed by atoms with van der Waals surface area (Å²) >= 11 is 14.8. The van der Waals surface area contributed by atoms with Crippen molar-refractivity contribution in [2.45, 2.75) is 0 Å². The van der Waals surface area contributed by atoms with E-state index in [-0.39, 0.29) is 0 Å². The fourth-order valence-corrected chi connectivity index (χ4v) is 2.45. The predicted molar refractivity (Wildman–Crippen MR) is 65.7 cm³/mol. The van der Waals surface area contributed by atoms with Gasteiger partial charge < -0.3 is 0 Å². The highest BCUT2D eigenvalue weighted by atomic mass is 35.5. The Balaban J connectivity index is 0.000000145. The SMILES string of the molecule is C1=CSCS1.Clc1ccc(Cl)cc1. The van der Waals surface area contributed by atoms with E-state index in [1.54, 1.807) is 24.3 Å². The summed E-state index contributed by atoms with van der Waals surface area (Å²) in [7, 11) is 0. The molecule has 0 saturated carbocycles. The van der Waals surface area contributed by atoms with E-state index >= 15 is 0 Å². The van der Waals surface area contributed by atoms with Crippen LogP contribution in [0.4, 0.5) is 0 Å². The van der Waals surface area contributed by atoms with Gasteiger partial charge in [-0.2, -0.15) is 0 Å². The molecular weight excluding hydrogens is 243 g/mol. The largest absolute Gasteiger partial charge is 0.122 e. The summed E-state index contributed by atoms with van der Waals surface area (Å²) in [6.07, 6.45) is 0. The molecule has 1 aliphatic heterocycles. The summed E-state index contributed by atoms with van der Waals surface area (Å²) < 4.78 is 0. The van der Waals surface area contributed by atoms with Gasteiger partial charge in [0.2, 0.25) is 0 Å². The lowest BCUT2D eigenvalue weighted by Crippen LogP contribution is -1.60. The molecule has 0 unspecified atom stereocenters. The van der Waals surface area contributed by atoms with Gasteiger partial charge in [0.05, 0.1) is 0 Å². The van der Waals surface area contributed by atoms with Crippen molar-refractivity contribution < 1.29 is 0 Å². The molecular formula is C9H8Cl2S2. The van der Waals surface area contributed by atoms with Gasteiger partial charge in [0, 0.05) is 15.1 Å². The van der Waals surface area contributed by atoms with E-state index in [0.29, 0.717) is 0 Å². The van der Waals surface area contributed by atoms with E-state index in [4.69, 9.17) is 23.2 Å². The van der Waals surface area contributed by atoms with E-state index in [1.165, 1.54) is 5.08 Å². The minimum absolute atomic E-state index is 0.717. The molecule has 1 heterocycles. The molecule has 0 aromatic heterocycles. The molecule has 0 radical (unpaired) electrons. The third-order valence-electron chi connectivity index (χ3n) is 1.19. The fourth-order valence-electron chi connectivity index (χ4n) is 0.626. The fraction of sp³-hybridized carbons (Fsp3) is 0.111. The molecule has 70 valence electrons. The van der Waals surface area contributed by atoms with Crippen LogP contribution in [0.3, 0.4) is 0 Å². The predicted octanol–water partition coefficient (Wildman–Crippen LogP) is 4.89. The van der Waals surface area contributed by atoms with Gasteiger partial charge in [-0.3, -0.25) is 0 Å². The van der Waals surface area contributed by atoms with Crippen LogP contribution in [-0.4, -0.2) is 5.08 Å².